The van der Waals surface area contributed by atoms with Gasteiger partial charge in [0.05, 0.1) is 29.3 Å². The standard InChI is InChI=1S/C17H15N3O3S2/c21-15-7-11(8-20(15)9-12-3-1-5-23-12)16(22)19-17-18-13(10-25-17)14-4-2-6-24-14/h1-6,10-11H,7-9H2,(H,18,19,22)/t11-/m0/s1. The summed E-state index contributed by atoms with van der Waals surface area (Å²) in [5.74, 6) is 0.156. The molecular formula is C17H15N3O3S2. The molecule has 1 aliphatic rings. The molecule has 1 fully saturated rings. The second kappa shape index (κ2) is 6.81. The van der Waals surface area contributed by atoms with Crippen LogP contribution >= 0.6 is 22.7 Å². The number of amides is 2. The summed E-state index contributed by atoms with van der Waals surface area (Å²) in [5.41, 5.74) is 0.859. The smallest absolute Gasteiger partial charge is 0.231 e. The molecule has 25 heavy (non-hydrogen) atoms. The predicted molar refractivity (Wildman–Crippen MR) is 96.3 cm³/mol. The molecule has 1 aliphatic heterocycles. The molecule has 3 aromatic heterocycles. The topological polar surface area (TPSA) is 75.4 Å². The Morgan fingerprint density at radius 2 is 2.28 bits per heavy atom. The van der Waals surface area contributed by atoms with Crippen LogP contribution in [0.2, 0.25) is 0 Å². The number of thiophene rings is 1. The van der Waals surface area contributed by atoms with Crippen molar-refractivity contribution in [2.45, 2.75) is 13.0 Å². The Balaban J connectivity index is 1.38. The van der Waals surface area contributed by atoms with Gasteiger partial charge in [-0.15, -0.1) is 22.7 Å². The Hall–Kier alpha value is -2.45. The van der Waals surface area contributed by atoms with Crippen molar-refractivity contribution in [1.82, 2.24) is 9.88 Å². The number of furan rings is 1. The van der Waals surface area contributed by atoms with Crippen LogP contribution in [0, 0.1) is 5.92 Å². The number of nitrogens with one attached hydrogen (secondary N) is 1. The average Bonchev–Trinajstić information content (AvgIpc) is 3.35. The van der Waals surface area contributed by atoms with Crippen LogP contribution in [-0.2, 0) is 16.1 Å². The number of hydrogen-bond donors (Lipinski definition) is 1. The highest BCUT2D eigenvalue weighted by atomic mass is 32.1. The largest absolute Gasteiger partial charge is 0.467 e. The minimum absolute atomic E-state index is 0.0324. The van der Waals surface area contributed by atoms with E-state index in [0.29, 0.717) is 18.2 Å². The SMILES string of the molecule is O=C(Nc1nc(-c2cccs2)cs1)[C@H]1CC(=O)N(Cc2ccco2)C1. The molecule has 0 radical (unpaired) electrons. The molecule has 0 spiro atoms. The van der Waals surface area contributed by atoms with Crippen molar-refractivity contribution in [3.05, 3.63) is 47.0 Å². The molecule has 2 amide bonds. The van der Waals surface area contributed by atoms with E-state index in [-0.39, 0.29) is 24.2 Å². The molecule has 128 valence electrons. The third kappa shape index (κ3) is 3.49. The monoisotopic (exact) mass is 373 g/mol. The zero-order valence-corrected chi connectivity index (χ0v) is 14.8. The highest BCUT2D eigenvalue weighted by molar-refractivity contribution is 7.16. The second-order valence-electron chi connectivity index (χ2n) is 5.76. The zero-order valence-electron chi connectivity index (χ0n) is 13.2. The summed E-state index contributed by atoms with van der Waals surface area (Å²) in [5, 5.41) is 7.31. The van der Waals surface area contributed by atoms with Gasteiger partial charge in [-0.3, -0.25) is 9.59 Å². The van der Waals surface area contributed by atoms with Crippen LogP contribution in [-0.4, -0.2) is 28.2 Å². The van der Waals surface area contributed by atoms with E-state index in [1.165, 1.54) is 11.3 Å². The third-order valence-corrected chi connectivity index (χ3v) is 5.67. The highest BCUT2D eigenvalue weighted by Gasteiger charge is 2.35. The van der Waals surface area contributed by atoms with E-state index < -0.39 is 0 Å². The highest BCUT2D eigenvalue weighted by Crippen LogP contribution is 2.29. The summed E-state index contributed by atoms with van der Waals surface area (Å²) in [7, 11) is 0. The summed E-state index contributed by atoms with van der Waals surface area (Å²) >= 11 is 3.00. The van der Waals surface area contributed by atoms with E-state index in [1.54, 1.807) is 28.6 Å². The minimum atomic E-state index is -0.364. The average molecular weight is 373 g/mol. The van der Waals surface area contributed by atoms with Crippen LogP contribution in [0.1, 0.15) is 12.2 Å². The van der Waals surface area contributed by atoms with Crippen molar-refractivity contribution in [1.29, 1.82) is 0 Å². The Morgan fingerprint density at radius 1 is 1.36 bits per heavy atom. The van der Waals surface area contributed by atoms with Gasteiger partial charge in [0.15, 0.2) is 5.13 Å². The van der Waals surface area contributed by atoms with E-state index in [1.807, 2.05) is 29.0 Å². The summed E-state index contributed by atoms with van der Waals surface area (Å²) in [4.78, 5) is 31.7. The van der Waals surface area contributed by atoms with E-state index in [0.717, 1.165) is 16.3 Å². The summed E-state index contributed by atoms with van der Waals surface area (Å²) in [6, 6.07) is 7.57. The quantitative estimate of drug-likeness (QED) is 0.743. The Kier molecular flexibility index (Phi) is 4.37. The van der Waals surface area contributed by atoms with Crippen molar-refractivity contribution in [3.8, 4) is 10.6 Å². The van der Waals surface area contributed by atoms with Gasteiger partial charge in [-0.05, 0) is 23.6 Å². The number of nitrogens with zero attached hydrogens (tertiary/aromatic N) is 2. The molecule has 3 aromatic rings. The number of anilines is 1. The molecule has 1 saturated heterocycles. The van der Waals surface area contributed by atoms with Crippen LogP contribution in [0.3, 0.4) is 0 Å². The Labute approximate surface area is 152 Å². The van der Waals surface area contributed by atoms with Crippen LogP contribution in [0.25, 0.3) is 10.6 Å². The van der Waals surface area contributed by atoms with Crippen molar-refractivity contribution in [2.24, 2.45) is 5.92 Å². The van der Waals surface area contributed by atoms with Gasteiger partial charge in [0, 0.05) is 18.3 Å². The maximum atomic E-state index is 12.5. The van der Waals surface area contributed by atoms with Crippen LogP contribution in [0.15, 0.2) is 45.7 Å². The fourth-order valence-corrected chi connectivity index (χ4v) is 4.24. The van der Waals surface area contributed by atoms with Crippen molar-refractivity contribution < 1.29 is 14.0 Å². The molecule has 4 heterocycles. The molecule has 1 N–H and O–H groups in total. The maximum Gasteiger partial charge on any atom is 0.231 e. The molecule has 0 saturated carbocycles. The number of rotatable bonds is 5. The lowest BCUT2D eigenvalue weighted by molar-refractivity contribution is -0.128. The normalized spacial score (nSPS) is 17.2. The molecule has 8 heteroatoms. The number of hydrogen-bond acceptors (Lipinski definition) is 6. The van der Waals surface area contributed by atoms with Crippen molar-refractivity contribution in [3.63, 3.8) is 0 Å². The number of carbonyl (C=O) groups excluding carboxylic acids is 2. The van der Waals surface area contributed by atoms with Crippen molar-refractivity contribution >= 4 is 39.6 Å². The third-order valence-electron chi connectivity index (χ3n) is 4.02. The Bertz CT molecular complexity index is 871. The molecule has 0 aliphatic carbocycles. The number of carbonyl (C=O) groups is 2. The van der Waals surface area contributed by atoms with Gasteiger partial charge in [-0.25, -0.2) is 4.98 Å². The van der Waals surface area contributed by atoms with Gasteiger partial charge in [-0.1, -0.05) is 6.07 Å². The summed E-state index contributed by atoms with van der Waals surface area (Å²) < 4.78 is 5.27. The zero-order chi connectivity index (χ0) is 17.2. The van der Waals surface area contributed by atoms with Crippen LogP contribution < -0.4 is 5.32 Å². The van der Waals surface area contributed by atoms with Gasteiger partial charge in [0.25, 0.3) is 0 Å². The summed E-state index contributed by atoms with van der Waals surface area (Å²) in [6.07, 6.45) is 1.80. The van der Waals surface area contributed by atoms with Gasteiger partial charge < -0.3 is 14.6 Å². The van der Waals surface area contributed by atoms with E-state index >= 15 is 0 Å². The van der Waals surface area contributed by atoms with Crippen molar-refractivity contribution in [2.75, 3.05) is 11.9 Å². The number of likely N-dealkylation sites (tertiary alicyclic amines) is 1. The van der Waals surface area contributed by atoms with Gasteiger partial charge in [0.2, 0.25) is 11.8 Å². The first-order valence-corrected chi connectivity index (χ1v) is 9.55. The molecule has 4 rings (SSSR count). The minimum Gasteiger partial charge on any atom is -0.467 e. The first-order valence-electron chi connectivity index (χ1n) is 7.79. The van der Waals surface area contributed by atoms with Crippen LogP contribution in [0.4, 0.5) is 5.13 Å². The molecule has 1 atom stereocenters. The second-order valence-corrected chi connectivity index (χ2v) is 7.56. The Morgan fingerprint density at radius 3 is 3.04 bits per heavy atom. The van der Waals surface area contributed by atoms with Gasteiger partial charge in [0.1, 0.15) is 5.76 Å². The fraction of sp³-hybridized carbons (Fsp3) is 0.235. The lowest BCUT2D eigenvalue weighted by atomic mass is 10.1. The van der Waals surface area contributed by atoms with Gasteiger partial charge >= 0.3 is 0 Å². The lowest BCUT2D eigenvalue weighted by Crippen LogP contribution is -2.27. The molecule has 0 aromatic carbocycles. The molecule has 0 unspecified atom stereocenters. The molecular weight excluding hydrogens is 358 g/mol. The number of aromatic nitrogens is 1. The van der Waals surface area contributed by atoms with E-state index in [4.69, 9.17) is 4.42 Å². The maximum absolute atomic E-state index is 12.5. The number of thiazole rings is 1. The van der Waals surface area contributed by atoms with E-state index in [2.05, 4.69) is 10.3 Å². The van der Waals surface area contributed by atoms with Crippen LogP contribution in [0.5, 0.6) is 0 Å². The van der Waals surface area contributed by atoms with Gasteiger partial charge in [-0.2, -0.15) is 0 Å². The lowest BCUT2D eigenvalue weighted by Gasteiger charge is -2.14. The van der Waals surface area contributed by atoms with E-state index in [9.17, 15) is 9.59 Å². The molecule has 6 nitrogen and oxygen atoms in total. The fourth-order valence-electron chi connectivity index (χ4n) is 2.77. The summed E-state index contributed by atoms with van der Waals surface area (Å²) in [6.45, 7) is 0.796. The predicted octanol–water partition coefficient (Wildman–Crippen LogP) is 3.45. The first kappa shape index (κ1) is 16.0. The first-order chi connectivity index (χ1) is 12.2. The molecule has 0 bridgehead atoms.